The fourth-order valence-electron chi connectivity index (χ4n) is 3.56. The number of pyridine rings is 1. The van der Waals surface area contributed by atoms with Crippen LogP contribution in [-0.2, 0) is 4.79 Å². The molecule has 3 aromatic rings. The number of hydrogen-bond donors (Lipinski definition) is 1. The van der Waals surface area contributed by atoms with Gasteiger partial charge in [0.1, 0.15) is 18.2 Å². The van der Waals surface area contributed by atoms with Gasteiger partial charge in [0.15, 0.2) is 0 Å². The van der Waals surface area contributed by atoms with Crippen molar-refractivity contribution in [2.75, 3.05) is 13.2 Å². The largest absolute Gasteiger partial charge is 0.475 e. The summed E-state index contributed by atoms with van der Waals surface area (Å²) in [7, 11) is 0. The normalized spacial score (nSPS) is 13.2. The second-order valence-corrected chi connectivity index (χ2v) is 9.03. The molecule has 0 aliphatic heterocycles. The van der Waals surface area contributed by atoms with Crippen molar-refractivity contribution < 1.29 is 9.53 Å². The first-order valence-electron chi connectivity index (χ1n) is 10.5. The van der Waals surface area contributed by atoms with E-state index in [4.69, 9.17) is 39.5 Å². The monoisotopic (exact) mass is 499 g/mol. The molecular formula is C25H20Cl3N3O2. The highest BCUT2D eigenvalue weighted by molar-refractivity contribution is 6.36. The van der Waals surface area contributed by atoms with Gasteiger partial charge in [-0.3, -0.25) is 4.79 Å². The van der Waals surface area contributed by atoms with Crippen molar-refractivity contribution in [3.05, 3.63) is 69.2 Å². The molecule has 2 aromatic carbocycles. The molecule has 1 heterocycles. The molecule has 1 aliphatic carbocycles. The van der Waals surface area contributed by atoms with Gasteiger partial charge in [-0.15, -0.1) is 0 Å². The van der Waals surface area contributed by atoms with E-state index in [0.29, 0.717) is 38.4 Å². The number of carbonyl (C=O) groups is 1. The third-order valence-corrected chi connectivity index (χ3v) is 6.37. The smallest absolute Gasteiger partial charge is 0.232 e. The molecule has 0 atom stereocenters. The maximum Gasteiger partial charge on any atom is 0.232 e. The number of amides is 1. The predicted octanol–water partition coefficient (Wildman–Crippen LogP) is 6.54. The summed E-state index contributed by atoms with van der Waals surface area (Å²) in [6, 6.07) is 16.3. The lowest BCUT2D eigenvalue weighted by atomic mass is 9.85. The summed E-state index contributed by atoms with van der Waals surface area (Å²) in [6.45, 7) is 0.520. The highest BCUT2D eigenvalue weighted by Gasteiger charge is 2.24. The number of halogens is 3. The van der Waals surface area contributed by atoms with Gasteiger partial charge in [0.25, 0.3) is 0 Å². The molecule has 0 unspecified atom stereocenters. The summed E-state index contributed by atoms with van der Waals surface area (Å²) in [6.07, 6.45) is 2.97. The number of nitrogens with zero attached hydrogens (tertiary/aromatic N) is 2. The van der Waals surface area contributed by atoms with Gasteiger partial charge in [0.05, 0.1) is 17.3 Å². The minimum Gasteiger partial charge on any atom is -0.475 e. The molecule has 8 heteroatoms. The number of carbonyl (C=O) groups excluding carboxylic acids is 1. The Kier molecular flexibility index (Phi) is 7.39. The van der Waals surface area contributed by atoms with Crippen LogP contribution in [0.2, 0.25) is 15.1 Å². The van der Waals surface area contributed by atoms with Crippen LogP contribution in [-0.4, -0.2) is 24.0 Å². The van der Waals surface area contributed by atoms with Crippen LogP contribution in [0.25, 0.3) is 22.4 Å². The van der Waals surface area contributed by atoms with E-state index in [-0.39, 0.29) is 29.9 Å². The molecule has 1 saturated carbocycles. The van der Waals surface area contributed by atoms with Gasteiger partial charge in [0.2, 0.25) is 11.8 Å². The molecule has 1 N–H and O–H groups in total. The Bertz CT molecular complexity index is 1220. The lowest BCUT2D eigenvalue weighted by molar-refractivity contribution is -0.127. The fourth-order valence-corrected chi connectivity index (χ4v) is 4.18. The van der Waals surface area contributed by atoms with Gasteiger partial charge < -0.3 is 10.1 Å². The first-order chi connectivity index (χ1) is 16.0. The van der Waals surface area contributed by atoms with Crippen LogP contribution in [0.4, 0.5) is 0 Å². The summed E-state index contributed by atoms with van der Waals surface area (Å²) in [5.74, 6) is 0.328. The fraction of sp³-hybridized carbons (Fsp3) is 0.240. The van der Waals surface area contributed by atoms with Crippen molar-refractivity contribution in [2.45, 2.75) is 19.3 Å². The van der Waals surface area contributed by atoms with Gasteiger partial charge in [-0.1, -0.05) is 53.4 Å². The Morgan fingerprint density at radius 3 is 2.42 bits per heavy atom. The molecule has 1 amide bonds. The minimum atomic E-state index is 0.0463. The quantitative estimate of drug-likeness (QED) is 0.374. The molecule has 0 bridgehead atoms. The number of nitrogens with one attached hydrogen (secondary N) is 1. The summed E-state index contributed by atoms with van der Waals surface area (Å²) < 4.78 is 5.81. The number of benzene rings is 2. The summed E-state index contributed by atoms with van der Waals surface area (Å²) in [4.78, 5) is 16.7. The van der Waals surface area contributed by atoms with Crippen molar-refractivity contribution in [3.8, 4) is 34.3 Å². The van der Waals surface area contributed by atoms with Crippen molar-refractivity contribution in [1.29, 1.82) is 5.26 Å². The molecule has 33 heavy (non-hydrogen) atoms. The Balaban J connectivity index is 1.66. The van der Waals surface area contributed by atoms with Gasteiger partial charge in [-0.25, -0.2) is 4.98 Å². The van der Waals surface area contributed by atoms with E-state index >= 15 is 0 Å². The Labute approximate surface area is 207 Å². The van der Waals surface area contributed by atoms with Crippen LogP contribution in [0.3, 0.4) is 0 Å². The third-order valence-electron chi connectivity index (χ3n) is 5.57. The zero-order chi connectivity index (χ0) is 23.4. The average Bonchev–Trinajstić information content (AvgIpc) is 2.76. The van der Waals surface area contributed by atoms with E-state index in [9.17, 15) is 10.1 Å². The van der Waals surface area contributed by atoms with Crippen molar-refractivity contribution >= 4 is 40.7 Å². The van der Waals surface area contributed by atoms with Gasteiger partial charge in [-0.2, -0.15) is 5.26 Å². The standard InChI is InChI=1S/C25H20Cl3N3O2/c26-18-6-4-15(5-7-18)21-12-17(14-29)25(33-11-10-30-24(32)16-2-1-3-16)31-23(21)20-9-8-19(27)13-22(20)28/h4-9,12-13,16H,1-3,10-11H2,(H,30,32). The molecular weight excluding hydrogens is 481 g/mol. The Morgan fingerprint density at radius 2 is 1.79 bits per heavy atom. The van der Waals surface area contributed by atoms with E-state index in [0.717, 1.165) is 24.8 Å². The number of ether oxygens (including phenoxy) is 1. The number of aromatic nitrogens is 1. The predicted molar refractivity (Wildman–Crippen MR) is 131 cm³/mol. The molecule has 168 valence electrons. The summed E-state index contributed by atoms with van der Waals surface area (Å²) in [5.41, 5.74) is 3.01. The Morgan fingerprint density at radius 1 is 1.06 bits per heavy atom. The lowest BCUT2D eigenvalue weighted by Crippen LogP contribution is -2.36. The maximum atomic E-state index is 12.0. The molecule has 1 aliphatic rings. The molecule has 4 rings (SSSR count). The second kappa shape index (κ2) is 10.4. The topological polar surface area (TPSA) is 75.0 Å². The summed E-state index contributed by atoms with van der Waals surface area (Å²) >= 11 is 18.6. The van der Waals surface area contributed by atoms with E-state index in [1.165, 1.54) is 0 Å². The minimum absolute atomic E-state index is 0.0463. The average molecular weight is 501 g/mol. The second-order valence-electron chi connectivity index (χ2n) is 7.75. The van der Waals surface area contributed by atoms with E-state index in [1.807, 2.05) is 12.1 Å². The first kappa shape index (κ1) is 23.4. The zero-order valence-electron chi connectivity index (χ0n) is 17.6. The highest BCUT2D eigenvalue weighted by atomic mass is 35.5. The van der Waals surface area contributed by atoms with Crippen LogP contribution in [0.5, 0.6) is 5.88 Å². The zero-order valence-corrected chi connectivity index (χ0v) is 19.8. The van der Waals surface area contributed by atoms with Gasteiger partial charge in [0, 0.05) is 27.1 Å². The van der Waals surface area contributed by atoms with Crippen molar-refractivity contribution in [3.63, 3.8) is 0 Å². The molecule has 1 aromatic heterocycles. The third kappa shape index (κ3) is 5.42. The van der Waals surface area contributed by atoms with Crippen LogP contribution in [0.1, 0.15) is 24.8 Å². The van der Waals surface area contributed by atoms with E-state index < -0.39 is 0 Å². The maximum absolute atomic E-state index is 12.0. The molecule has 0 saturated heterocycles. The van der Waals surface area contributed by atoms with Crippen molar-refractivity contribution in [2.24, 2.45) is 5.92 Å². The van der Waals surface area contributed by atoms with Crippen LogP contribution in [0, 0.1) is 17.2 Å². The van der Waals surface area contributed by atoms with Gasteiger partial charge in [-0.05, 0) is 54.8 Å². The number of nitriles is 1. The van der Waals surface area contributed by atoms with E-state index in [2.05, 4.69) is 16.4 Å². The summed E-state index contributed by atoms with van der Waals surface area (Å²) in [5, 5.41) is 14.1. The van der Waals surface area contributed by atoms with Crippen LogP contribution < -0.4 is 10.1 Å². The van der Waals surface area contributed by atoms with Crippen LogP contribution in [0.15, 0.2) is 48.5 Å². The van der Waals surface area contributed by atoms with Crippen molar-refractivity contribution in [1.82, 2.24) is 10.3 Å². The lowest BCUT2D eigenvalue weighted by Gasteiger charge is -2.24. The molecule has 1 fully saturated rings. The molecule has 0 radical (unpaired) electrons. The SMILES string of the molecule is N#Cc1cc(-c2ccc(Cl)cc2)c(-c2ccc(Cl)cc2Cl)nc1OCCNC(=O)C1CCC1. The van der Waals surface area contributed by atoms with Gasteiger partial charge >= 0.3 is 0 Å². The Hall–Kier alpha value is -2.78. The number of rotatable bonds is 7. The molecule has 0 spiro atoms. The highest BCUT2D eigenvalue weighted by Crippen LogP contribution is 2.38. The first-order valence-corrected chi connectivity index (χ1v) is 11.7. The van der Waals surface area contributed by atoms with Crippen LogP contribution >= 0.6 is 34.8 Å². The molecule has 5 nitrogen and oxygen atoms in total. The van der Waals surface area contributed by atoms with E-state index in [1.54, 1.807) is 36.4 Å². The number of hydrogen-bond acceptors (Lipinski definition) is 4.